The molecule has 0 aliphatic heterocycles. The molecule has 2 heterocycles. The molecule has 0 saturated heterocycles. The molecule has 2 aromatic heterocycles. The summed E-state index contributed by atoms with van der Waals surface area (Å²) in [6.45, 7) is 2.89. The van der Waals surface area contributed by atoms with Gasteiger partial charge in [0, 0.05) is 50.3 Å². The zero-order valence-electron chi connectivity index (χ0n) is 14.2. The summed E-state index contributed by atoms with van der Waals surface area (Å²) in [7, 11) is 0. The predicted octanol–water partition coefficient (Wildman–Crippen LogP) is 1.26. The summed E-state index contributed by atoms with van der Waals surface area (Å²) < 4.78 is 1.67. The summed E-state index contributed by atoms with van der Waals surface area (Å²) in [6, 6.07) is 3.65. The van der Waals surface area contributed by atoms with E-state index < -0.39 is 0 Å². The molecule has 1 aliphatic rings. The SMILES string of the molecule is Cc1nc(NCCNC(=O)C2CCC(=O)CC2)cc(-n2cccn2)n1. The highest BCUT2D eigenvalue weighted by Gasteiger charge is 2.24. The van der Waals surface area contributed by atoms with Crippen molar-refractivity contribution in [3.05, 3.63) is 30.4 Å². The zero-order chi connectivity index (χ0) is 17.6. The Bertz CT molecular complexity index is 734. The van der Waals surface area contributed by atoms with Crippen molar-refractivity contribution in [2.24, 2.45) is 5.92 Å². The Kier molecular flexibility index (Phi) is 5.37. The first-order valence-corrected chi connectivity index (χ1v) is 8.51. The maximum atomic E-state index is 12.1. The van der Waals surface area contributed by atoms with Gasteiger partial charge in [-0.25, -0.2) is 14.6 Å². The molecular formula is C17H22N6O2. The monoisotopic (exact) mass is 342 g/mol. The summed E-state index contributed by atoms with van der Waals surface area (Å²) in [4.78, 5) is 32.0. The summed E-state index contributed by atoms with van der Waals surface area (Å²) >= 11 is 0. The Morgan fingerprint density at radius 1 is 1.28 bits per heavy atom. The molecule has 1 fully saturated rings. The third-order valence-electron chi connectivity index (χ3n) is 4.21. The van der Waals surface area contributed by atoms with Gasteiger partial charge in [0.05, 0.1) is 0 Å². The fourth-order valence-corrected chi connectivity index (χ4v) is 2.89. The Morgan fingerprint density at radius 3 is 2.80 bits per heavy atom. The molecule has 1 amide bonds. The second kappa shape index (κ2) is 7.87. The van der Waals surface area contributed by atoms with Crippen molar-refractivity contribution in [1.29, 1.82) is 0 Å². The molecule has 1 saturated carbocycles. The number of nitrogens with zero attached hydrogens (tertiary/aromatic N) is 4. The van der Waals surface area contributed by atoms with Crippen LogP contribution in [0.25, 0.3) is 5.82 Å². The van der Waals surface area contributed by atoms with E-state index >= 15 is 0 Å². The Balaban J connectivity index is 1.47. The first kappa shape index (κ1) is 17.1. The molecule has 0 bridgehead atoms. The van der Waals surface area contributed by atoms with Gasteiger partial charge in [0.2, 0.25) is 5.91 Å². The molecule has 3 rings (SSSR count). The zero-order valence-corrected chi connectivity index (χ0v) is 14.2. The highest BCUT2D eigenvalue weighted by molar-refractivity contribution is 5.84. The highest BCUT2D eigenvalue weighted by Crippen LogP contribution is 2.21. The van der Waals surface area contributed by atoms with E-state index in [1.165, 1.54) is 0 Å². The first-order chi connectivity index (χ1) is 12.1. The number of amides is 1. The summed E-state index contributed by atoms with van der Waals surface area (Å²) in [6.07, 6.45) is 5.88. The van der Waals surface area contributed by atoms with Gasteiger partial charge in [0.15, 0.2) is 5.82 Å². The van der Waals surface area contributed by atoms with Crippen LogP contribution in [-0.2, 0) is 9.59 Å². The lowest BCUT2D eigenvalue weighted by atomic mass is 9.88. The third kappa shape index (κ3) is 4.62. The van der Waals surface area contributed by atoms with E-state index in [0.29, 0.717) is 56.2 Å². The predicted molar refractivity (Wildman–Crippen MR) is 92.4 cm³/mol. The minimum absolute atomic E-state index is 0.0328. The smallest absolute Gasteiger partial charge is 0.223 e. The molecule has 1 aliphatic carbocycles. The van der Waals surface area contributed by atoms with Crippen LogP contribution in [0, 0.1) is 12.8 Å². The van der Waals surface area contributed by atoms with Crippen molar-refractivity contribution in [2.75, 3.05) is 18.4 Å². The average Bonchev–Trinajstić information content (AvgIpc) is 3.13. The van der Waals surface area contributed by atoms with Gasteiger partial charge in [-0.2, -0.15) is 5.10 Å². The molecule has 8 nitrogen and oxygen atoms in total. The summed E-state index contributed by atoms with van der Waals surface area (Å²) in [5.41, 5.74) is 0. The van der Waals surface area contributed by atoms with Crippen LogP contribution >= 0.6 is 0 Å². The van der Waals surface area contributed by atoms with Crippen molar-refractivity contribution in [2.45, 2.75) is 32.6 Å². The fraction of sp³-hybridized carbons (Fsp3) is 0.471. The van der Waals surface area contributed by atoms with Crippen LogP contribution in [0.15, 0.2) is 24.5 Å². The standard InChI is InChI=1S/C17H22N6O2/c1-12-21-15(11-16(22-12)23-10-2-7-20-23)18-8-9-19-17(25)13-3-5-14(24)6-4-13/h2,7,10-11,13H,3-6,8-9H2,1H3,(H,19,25)(H,18,21,22). The minimum atomic E-state index is -0.0367. The van der Waals surface area contributed by atoms with Crippen LogP contribution in [-0.4, -0.2) is 44.5 Å². The molecule has 25 heavy (non-hydrogen) atoms. The number of Topliss-reactive ketones (excluding diaryl/α,β-unsaturated/α-hetero) is 1. The van der Waals surface area contributed by atoms with Gasteiger partial charge in [-0.3, -0.25) is 9.59 Å². The van der Waals surface area contributed by atoms with Crippen molar-refractivity contribution >= 4 is 17.5 Å². The number of ketones is 1. The molecule has 0 spiro atoms. The molecule has 0 atom stereocenters. The van der Waals surface area contributed by atoms with Crippen molar-refractivity contribution < 1.29 is 9.59 Å². The number of carbonyl (C=O) groups is 2. The molecule has 2 aromatic rings. The summed E-state index contributed by atoms with van der Waals surface area (Å²) in [5.74, 6) is 2.28. The van der Waals surface area contributed by atoms with Crippen LogP contribution in [0.5, 0.6) is 0 Å². The number of anilines is 1. The number of hydrogen-bond acceptors (Lipinski definition) is 6. The number of nitrogens with one attached hydrogen (secondary N) is 2. The quantitative estimate of drug-likeness (QED) is 0.766. The lowest BCUT2D eigenvalue weighted by molar-refractivity contribution is -0.128. The Labute approximate surface area is 146 Å². The van der Waals surface area contributed by atoms with Gasteiger partial charge in [-0.15, -0.1) is 0 Å². The van der Waals surface area contributed by atoms with E-state index in [1.54, 1.807) is 10.9 Å². The van der Waals surface area contributed by atoms with E-state index in [-0.39, 0.29) is 17.6 Å². The van der Waals surface area contributed by atoms with E-state index in [4.69, 9.17) is 0 Å². The van der Waals surface area contributed by atoms with Gasteiger partial charge in [0.1, 0.15) is 17.4 Å². The van der Waals surface area contributed by atoms with Gasteiger partial charge < -0.3 is 10.6 Å². The van der Waals surface area contributed by atoms with Crippen LogP contribution in [0.3, 0.4) is 0 Å². The highest BCUT2D eigenvalue weighted by atomic mass is 16.2. The summed E-state index contributed by atoms with van der Waals surface area (Å²) in [5, 5.41) is 10.3. The van der Waals surface area contributed by atoms with E-state index in [2.05, 4.69) is 25.7 Å². The maximum absolute atomic E-state index is 12.1. The lowest BCUT2D eigenvalue weighted by Crippen LogP contribution is -2.36. The molecular weight excluding hydrogens is 320 g/mol. The minimum Gasteiger partial charge on any atom is -0.368 e. The van der Waals surface area contributed by atoms with Gasteiger partial charge in [-0.1, -0.05) is 0 Å². The second-order valence-electron chi connectivity index (χ2n) is 6.14. The number of rotatable bonds is 6. The van der Waals surface area contributed by atoms with Crippen molar-refractivity contribution in [3.63, 3.8) is 0 Å². The maximum Gasteiger partial charge on any atom is 0.223 e. The molecule has 2 N–H and O–H groups in total. The second-order valence-corrected chi connectivity index (χ2v) is 6.14. The van der Waals surface area contributed by atoms with Crippen molar-refractivity contribution in [1.82, 2.24) is 25.1 Å². The Hall–Kier alpha value is -2.77. The first-order valence-electron chi connectivity index (χ1n) is 8.51. The molecule has 0 radical (unpaired) electrons. The van der Waals surface area contributed by atoms with Gasteiger partial charge in [0.25, 0.3) is 0 Å². The number of aromatic nitrogens is 4. The van der Waals surface area contributed by atoms with Crippen LogP contribution < -0.4 is 10.6 Å². The fourth-order valence-electron chi connectivity index (χ4n) is 2.89. The van der Waals surface area contributed by atoms with Crippen LogP contribution in [0.4, 0.5) is 5.82 Å². The number of aryl methyl sites for hydroxylation is 1. The molecule has 8 heteroatoms. The van der Waals surface area contributed by atoms with Crippen molar-refractivity contribution in [3.8, 4) is 5.82 Å². The van der Waals surface area contributed by atoms with E-state index in [1.807, 2.05) is 25.3 Å². The third-order valence-corrected chi connectivity index (χ3v) is 4.21. The molecule has 0 aromatic carbocycles. The van der Waals surface area contributed by atoms with Gasteiger partial charge >= 0.3 is 0 Å². The largest absolute Gasteiger partial charge is 0.368 e. The van der Waals surface area contributed by atoms with E-state index in [0.717, 1.165) is 0 Å². The number of carbonyl (C=O) groups excluding carboxylic acids is 2. The van der Waals surface area contributed by atoms with E-state index in [9.17, 15) is 9.59 Å². The Morgan fingerprint density at radius 2 is 2.08 bits per heavy atom. The normalized spacial score (nSPS) is 15.2. The van der Waals surface area contributed by atoms with Crippen LogP contribution in [0.1, 0.15) is 31.5 Å². The molecule has 0 unspecified atom stereocenters. The molecule has 132 valence electrons. The topological polar surface area (TPSA) is 102 Å². The van der Waals surface area contributed by atoms with Crippen LogP contribution in [0.2, 0.25) is 0 Å². The lowest BCUT2D eigenvalue weighted by Gasteiger charge is -2.20. The average molecular weight is 342 g/mol. The van der Waals surface area contributed by atoms with Gasteiger partial charge in [-0.05, 0) is 25.8 Å². The number of hydrogen-bond donors (Lipinski definition) is 2.